The molecule has 2 unspecified atom stereocenters. The van der Waals surface area contributed by atoms with Crippen molar-refractivity contribution in [2.75, 3.05) is 18.6 Å². The zero-order valence-corrected chi connectivity index (χ0v) is 10.1. The molecule has 1 aromatic rings. The third kappa shape index (κ3) is 3.43. The van der Waals surface area contributed by atoms with Crippen LogP contribution in [0.4, 0.5) is 10.1 Å². The Balaban J connectivity index is 1.92. The van der Waals surface area contributed by atoms with E-state index in [1.165, 1.54) is 0 Å². The summed E-state index contributed by atoms with van der Waals surface area (Å²) in [5, 5.41) is 11.4. The van der Waals surface area contributed by atoms with Crippen molar-refractivity contribution in [3.8, 4) is 5.75 Å². The molecule has 1 fully saturated rings. The first-order valence-electron chi connectivity index (χ1n) is 5.94. The van der Waals surface area contributed by atoms with Gasteiger partial charge < -0.3 is 15.2 Å². The van der Waals surface area contributed by atoms with Gasteiger partial charge in [0.1, 0.15) is 19.0 Å². The molecule has 2 rings (SSSR count). The number of amides is 1. The van der Waals surface area contributed by atoms with Crippen molar-refractivity contribution in [2.24, 2.45) is 11.8 Å². The lowest BCUT2D eigenvalue weighted by molar-refractivity contribution is -0.139. The van der Waals surface area contributed by atoms with Crippen LogP contribution in [-0.4, -0.2) is 30.3 Å². The van der Waals surface area contributed by atoms with Crippen molar-refractivity contribution < 1.29 is 23.8 Å². The Kier molecular flexibility index (Phi) is 3.99. The maximum atomic E-state index is 12.0. The van der Waals surface area contributed by atoms with Gasteiger partial charge in [0.25, 0.3) is 0 Å². The molecule has 1 saturated carbocycles. The molecule has 0 aliphatic heterocycles. The summed E-state index contributed by atoms with van der Waals surface area (Å²) in [6.45, 7) is -0.625. The molecule has 0 heterocycles. The van der Waals surface area contributed by atoms with Crippen LogP contribution >= 0.6 is 0 Å². The maximum absolute atomic E-state index is 12.0. The quantitative estimate of drug-likeness (QED) is 0.822. The second-order valence-electron chi connectivity index (χ2n) is 4.34. The van der Waals surface area contributed by atoms with Gasteiger partial charge in [-0.3, -0.25) is 9.59 Å². The Labute approximate surface area is 109 Å². The fraction of sp³-hybridized carbons (Fsp3) is 0.385. The summed E-state index contributed by atoms with van der Waals surface area (Å²) >= 11 is 0. The highest BCUT2D eigenvalue weighted by atomic mass is 19.1. The summed E-state index contributed by atoms with van der Waals surface area (Å²) in [7, 11) is 0. The molecular weight excluding hydrogens is 253 g/mol. The van der Waals surface area contributed by atoms with E-state index in [2.05, 4.69) is 5.32 Å². The smallest absolute Gasteiger partial charge is 0.307 e. The Bertz CT molecular complexity index is 491. The Morgan fingerprint density at radius 3 is 2.84 bits per heavy atom. The van der Waals surface area contributed by atoms with E-state index in [4.69, 9.17) is 9.84 Å². The topological polar surface area (TPSA) is 75.6 Å². The largest absolute Gasteiger partial charge is 0.491 e. The van der Waals surface area contributed by atoms with E-state index in [9.17, 15) is 14.0 Å². The van der Waals surface area contributed by atoms with Gasteiger partial charge in [0.05, 0.1) is 11.8 Å². The van der Waals surface area contributed by atoms with Crippen LogP contribution in [-0.2, 0) is 9.59 Å². The van der Waals surface area contributed by atoms with Gasteiger partial charge in [-0.25, -0.2) is 4.39 Å². The van der Waals surface area contributed by atoms with Gasteiger partial charge in [0, 0.05) is 11.8 Å². The van der Waals surface area contributed by atoms with Crippen LogP contribution in [0.5, 0.6) is 5.75 Å². The number of aliphatic carboxylic acids is 1. The highest BCUT2D eigenvalue weighted by Crippen LogP contribution is 2.39. The number of carboxylic acid groups (broad SMARTS) is 1. The zero-order valence-electron chi connectivity index (χ0n) is 10.1. The number of carbonyl (C=O) groups excluding carboxylic acids is 1. The van der Waals surface area contributed by atoms with Crippen LogP contribution in [0.1, 0.15) is 6.42 Å². The summed E-state index contributed by atoms with van der Waals surface area (Å²) in [6, 6.07) is 6.57. The van der Waals surface area contributed by atoms with Crippen molar-refractivity contribution in [3.63, 3.8) is 0 Å². The van der Waals surface area contributed by atoms with Crippen molar-refractivity contribution in [3.05, 3.63) is 24.3 Å². The molecule has 0 aromatic heterocycles. The van der Waals surface area contributed by atoms with Crippen molar-refractivity contribution in [1.82, 2.24) is 0 Å². The summed E-state index contributed by atoms with van der Waals surface area (Å²) in [6.07, 6.45) is 0.374. The summed E-state index contributed by atoms with van der Waals surface area (Å²) in [5.41, 5.74) is 0.511. The fourth-order valence-electron chi connectivity index (χ4n) is 1.81. The minimum absolute atomic E-state index is 0.0406. The van der Waals surface area contributed by atoms with Crippen LogP contribution in [0, 0.1) is 11.8 Å². The fourth-order valence-corrected chi connectivity index (χ4v) is 1.81. The second-order valence-corrected chi connectivity index (χ2v) is 4.34. The number of hydrogen-bond donors (Lipinski definition) is 2. The molecule has 2 atom stereocenters. The molecule has 0 radical (unpaired) electrons. The molecule has 102 valence electrons. The van der Waals surface area contributed by atoms with Gasteiger partial charge in [0.2, 0.25) is 5.91 Å². The molecule has 0 saturated heterocycles. The highest BCUT2D eigenvalue weighted by molar-refractivity contribution is 5.98. The molecule has 6 heteroatoms. The zero-order chi connectivity index (χ0) is 13.8. The summed E-state index contributed by atoms with van der Waals surface area (Å²) < 4.78 is 17.1. The number of ether oxygens (including phenoxy) is 1. The summed E-state index contributed by atoms with van der Waals surface area (Å²) in [5.74, 6) is -1.84. The highest BCUT2D eigenvalue weighted by Gasteiger charge is 2.48. The molecule has 0 bridgehead atoms. The van der Waals surface area contributed by atoms with Crippen molar-refractivity contribution in [2.45, 2.75) is 6.42 Å². The molecule has 0 spiro atoms. The molecule has 1 amide bonds. The molecular formula is C13H14FNO4. The number of carboxylic acids is 1. The van der Waals surface area contributed by atoms with E-state index < -0.39 is 24.5 Å². The molecule has 5 nitrogen and oxygen atoms in total. The minimum Gasteiger partial charge on any atom is -0.491 e. The van der Waals surface area contributed by atoms with E-state index in [0.29, 0.717) is 17.9 Å². The standard InChI is InChI=1S/C13H14FNO4/c14-4-5-19-9-3-1-2-8(6-9)15-12(16)10-7-11(10)13(17)18/h1-3,6,10-11H,4-5,7H2,(H,15,16)(H,17,18). The Hall–Kier alpha value is -2.11. The van der Waals surface area contributed by atoms with E-state index >= 15 is 0 Å². The number of carbonyl (C=O) groups is 2. The molecule has 1 aliphatic rings. The number of alkyl halides is 1. The average molecular weight is 267 g/mol. The van der Waals surface area contributed by atoms with Crippen molar-refractivity contribution >= 4 is 17.6 Å². The lowest BCUT2D eigenvalue weighted by Crippen LogP contribution is -2.16. The normalized spacial score (nSPS) is 20.7. The van der Waals surface area contributed by atoms with Gasteiger partial charge in [-0.15, -0.1) is 0 Å². The first kappa shape index (κ1) is 13.3. The van der Waals surface area contributed by atoms with E-state index in [-0.39, 0.29) is 12.5 Å². The van der Waals surface area contributed by atoms with E-state index in [1.54, 1.807) is 24.3 Å². The van der Waals surface area contributed by atoms with Gasteiger partial charge >= 0.3 is 5.97 Å². The van der Waals surface area contributed by atoms with Crippen LogP contribution in [0.25, 0.3) is 0 Å². The molecule has 1 aromatic carbocycles. The van der Waals surface area contributed by atoms with Crippen molar-refractivity contribution in [1.29, 1.82) is 0 Å². The second kappa shape index (κ2) is 5.69. The van der Waals surface area contributed by atoms with Gasteiger partial charge in [0.15, 0.2) is 0 Å². The first-order chi connectivity index (χ1) is 9.11. The number of benzene rings is 1. The maximum Gasteiger partial charge on any atom is 0.307 e. The number of rotatable bonds is 6. The third-order valence-corrected chi connectivity index (χ3v) is 2.89. The van der Waals surface area contributed by atoms with Crippen LogP contribution < -0.4 is 10.1 Å². The van der Waals surface area contributed by atoms with E-state index in [0.717, 1.165) is 0 Å². The number of hydrogen-bond acceptors (Lipinski definition) is 3. The van der Waals surface area contributed by atoms with E-state index in [1.807, 2.05) is 0 Å². The first-order valence-corrected chi connectivity index (χ1v) is 5.94. The molecule has 2 N–H and O–H groups in total. The Morgan fingerprint density at radius 1 is 1.42 bits per heavy atom. The van der Waals surface area contributed by atoms with Crippen LogP contribution in [0.2, 0.25) is 0 Å². The lowest BCUT2D eigenvalue weighted by Gasteiger charge is -2.07. The molecule has 1 aliphatic carbocycles. The van der Waals surface area contributed by atoms with Gasteiger partial charge in [-0.2, -0.15) is 0 Å². The number of anilines is 1. The monoisotopic (exact) mass is 267 g/mol. The third-order valence-electron chi connectivity index (χ3n) is 2.89. The van der Waals surface area contributed by atoms with Crippen LogP contribution in [0.3, 0.4) is 0 Å². The number of halogens is 1. The van der Waals surface area contributed by atoms with Crippen LogP contribution in [0.15, 0.2) is 24.3 Å². The number of nitrogens with one attached hydrogen (secondary N) is 1. The lowest BCUT2D eigenvalue weighted by atomic mass is 10.2. The predicted molar refractivity (Wildman–Crippen MR) is 65.8 cm³/mol. The van der Waals surface area contributed by atoms with Gasteiger partial charge in [-0.1, -0.05) is 6.07 Å². The van der Waals surface area contributed by atoms with Gasteiger partial charge in [-0.05, 0) is 18.6 Å². The SMILES string of the molecule is O=C(O)C1CC1C(=O)Nc1cccc(OCCF)c1. The average Bonchev–Trinajstić information content (AvgIpc) is 3.17. The minimum atomic E-state index is -0.944. The Morgan fingerprint density at radius 2 is 2.21 bits per heavy atom. The molecule has 19 heavy (non-hydrogen) atoms. The summed E-state index contributed by atoms with van der Waals surface area (Å²) in [4.78, 5) is 22.4. The predicted octanol–water partition coefficient (Wildman–Crippen LogP) is 1.69.